The third-order valence-electron chi connectivity index (χ3n) is 4.75. The van der Waals surface area contributed by atoms with E-state index in [0.717, 1.165) is 36.9 Å². The summed E-state index contributed by atoms with van der Waals surface area (Å²) < 4.78 is 14.7. The van der Waals surface area contributed by atoms with E-state index < -0.39 is 14.6 Å². The van der Waals surface area contributed by atoms with Gasteiger partial charge in [-0.3, -0.25) is 0 Å². The largest absolute Gasteiger partial charge is 0.393 e. The molecule has 3 unspecified atom stereocenters. The molecule has 1 saturated carbocycles. The van der Waals surface area contributed by atoms with Gasteiger partial charge in [-0.2, -0.15) is 0 Å². The van der Waals surface area contributed by atoms with Gasteiger partial charge in [0.15, 0.2) is 0 Å². The Kier molecular flexibility index (Phi) is 3.96. The van der Waals surface area contributed by atoms with Crippen molar-refractivity contribution < 1.29 is 11.2 Å². The molecule has 122 valence electrons. The maximum absolute atomic E-state index is 10.0. The molecule has 1 spiro atoms. The zero-order chi connectivity index (χ0) is 16.7. The Balaban J connectivity index is 1.74. The lowest BCUT2D eigenvalue weighted by molar-refractivity contribution is 0.142. The molecule has 0 saturated heterocycles. The van der Waals surface area contributed by atoms with Gasteiger partial charge in [-0.1, -0.05) is 25.7 Å². The molecule has 3 atom stereocenters. The van der Waals surface area contributed by atoms with Gasteiger partial charge < -0.3 is 14.7 Å². The minimum absolute atomic E-state index is 0.287. The normalized spacial score (nSPS) is 31.6. The predicted molar refractivity (Wildman–Crippen MR) is 92.1 cm³/mol. The van der Waals surface area contributed by atoms with Crippen LogP contribution in [0.25, 0.3) is 0 Å². The van der Waals surface area contributed by atoms with Crippen LogP contribution in [0.15, 0.2) is 18.3 Å². The molecule has 1 aromatic heterocycles. The molecule has 1 aromatic rings. The number of hydrogen-bond donors (Lipinski definition) is 1. The second-order valence-electron chi connectivity index (χ2n) is 7.87. The molecular formula is C17H28N2O2Si. The van der Waals surface area contributed by atoms with E-state index in [-0.39, 0.29) is 11.5 Å². The Bertz CT molecular complexity index is 566. The van der Waals surface area contributed by atoms with Crippen molar-refractivity contribution in [1.82, 2.24) is 4.98 Å². The van der Waals surface area contributed by atoms with E-state index in [1.54, 1.807) is 6.20 Å². The summed E-state index contributed by atoms with van der Waals surface area (Å²) in [5, 5.41) is 10.0. The summed E-state index contributed by atoms with van der Waals surface area (Å²) in [6.45, 7) is 7.76. The Morgan fingerprint density at radius 1 is 1.55 bits per heavy atom. The highest BCUT2D eigenvalue weighted by Gasteiger charge is 2.47. The molecule has 0 bridgehead atoms. The highest BCUT2D eigenvalue weighted by molar-refractivity contribution is 6.76. The first kappa shape index (κ1) is 14.7. The lowest BCUT2D eigenvalue weighted by Crippen LogP contribution is -2.34. The monoisotopic (exact) mass is 321 g/mol. The first-order valence-electron chi connectivity index (χ1n) is 8.81. The van der Waals surface area contributed by atoms with Gasteiger partial charge in [-0.05, 0) is 31.4 Å². The zero-order valence-corrected chi connectivity index (χ0v) is 14.9. The van der Waals surface area contributed by atoms with Crippen LogP contribution in [0.4, 0.5) is 5.82 Å². The minimum atomic E-state index is -1.10. The van der Waals surface area contributed by atoms with Crippen molar-refractivity contribution in [3.05, 3.63) is 23.9 Å². The third kappa shape index (κ3) is 3.21. The number of fused-ring (bicyclic) bond motifs is 2. The maximum Gasteiger partial charge on any atom is 0.134 e. The number of hydrogen-bond acceptors (Lipinski definition) is 4. The van der Waals surface area contributed by atoms with Crippen molar-refractivity contribution in [1.29, 1.82) is 0 Å². The first-order chi connectivity index (χ1) is 10.8. The Hall–Kier alpha value is -0.913. The molecule has 0 amide bonds. The molecule has 1 N–H and O–H groups in total. The van der Waals surface area contributed by atoms with Gasteiger partial charge >= 0.3 is 0 Å². The lowest BCUT2D eigenvalue weighted by atomic mass is 9.81. The number of rotatable bonds is 5. The van der Waals surface area contributed by atoms with Crippen molar-refractivity contribution in [3.63, 3.8) is 0 Å². The van der Waals surface area contributed by atoms with E-state index >= 15 is 0 Å². The van der Waals surface area contributed by atoms with E-state index in [2.05, 4.69) is 30.7 Å². The van der Waals surface area contributed by atoms with Crippen molar-refractivity contribution in [2.24, 2.45) is 0 Å². The second-order valence-corrected chi connectivity index (χ2v) is 13.5. The van der Waals surface area contributed by atoms with Gasteiger partial charge in [-0.25, -0.2) is 4.98 Å². The molecule has 2 heterocycles. The molecule has 0 aromatic carbocycles. The fourth-order valence-corrected chi connectivity index (χ4v) is 4.25. The molecule has 4 nitrogen and oxygen atoms in total. The number of ether oxygens (including phenoxy) is 1. The van der Waals surface area contributed by atoms with E-state index in [1.165, 1.54) is 0 Å². The molecule has 1 fully saturated rings. The van der Waals surface area contributed by atoms with Gasteiger partial charge in [0.05, 0.1) is 7.47 Å². The number of anilines is 1. The van der Waals surface area contributed by atoms with Crippen LogP contribution in [-0.2, 0) is 10.2 Å². The van der Waals surface area contributed by atoms with Gasteiger partial charge in [0.2, 0.25) is 0 Å². The van der Waals surface area contributed by atoms with E-state index in [9.17, 15) is 5.11 Å². The number of aliphatic hydroxyl groups is 1. The average Bonchev–Trinajstić information content (AvgIpc) is 2.98. The number of aromatic nitrogens is 1. The quantitative estimate of drug-likeness (QED) is 0.669. The summed E-state index contributed by atoms with van der Waals surface area (Å²) in [5.41, 5.74) is 0.830. The van der Waals surface area contributed by atoms with Crippen molar-refractivity contribution in [3.8, 4) is 0 Å². The van der Waals surface area contributed by atoms with Gasteiger partial charge in [0.1, 0.15) is 12.5 Å². The molecule has 2 aliphatic rings. The SMILES string of the molecule is [2H]C1N(COCC[Si](C)(C)C)c2ncccc2C12CCC(O)C2. The average molecular weight is 322 g/mol. The molecule has 1 aliphatic heterocycles. The summed E-state index contributed by atoms with van der Waals surface area (Å²) in [5.74, 6) is 0.870. The van der Waals surface area contributed by atoms with Crippen LogP contribution in [0.3, 0.4) is 0 Å². The number of nitrogens with zero attached hydrogens (tertiary/aromatic N) is 2. The molecule has 22 heavy (non-hydrogen) atoms. The van der Waals surface area contributed by atoms with Crippen LogP contribution < -0.4 is 4.90 Å². The lowest BCUT2D eigenvalue weighted by Gasteiger charge is -2.25. The highest BCUT2D eigenvalue weighted by Crippen LogP contribution is 2.49. The molecular weight excluding hydrogens is 292 g/mol. The van der Waals surface area contributed by atoms with Crippen LogP contribution in [0.1, 0.15) is 26.2 Å². The Morgan fingerprint density at radius 2 is 2.36 bits per heavy atom. The van der Waals surface area contributed by atoms with Crippen LogP contribution in [0, 0.1) is 0 Å². The molecule has 0 radical (unpaired) electrons. The van der Waals surface area contributed by atoms with E-state index in [4.69, 9.17) is 6.11 Å². The maximum atomic E-state index is 10.0. The van der Waals surface area contributed by atoms with Crippen molar-refractivity contribution >= 4 is 13.9 Å². The third-order valence-corrected chi connectivity index (χ3v) is 6.45. The van der Waals surface area contributed by atoms with Gasteiger partial charge in [0.25, 0.3) is 0 Å². The summed E-state index contributed by atoms with van der Waals surface area (Å²) >= 11 is 0. The van der Waals surface area contributed by atoms with Crippen LogP contribution in [-0.4, -0.2) is 44.1 Å². The molecule has 3 rings (SSSR count). The van der Waals surface area contributed by atoms with Gasteiger partial charge in [-0.15, -0.1) is 0 Å². The predicted octanol–water partition coefficient (Wildman–Crippen LogP) is 3.00. The minimum Gasteiger partial charge on any atom is -0.393 e. The molecule has 5 heteroatoms. The number of aliphatic hydroxyl groups excluding tert-OH is 1. The smallest absolute Gasteiger partial charge is 0.134 e. The van der Waals surface area contributed by atoms with E-state index in [1.807, 2.05) is 11.0 Å². The number of pyridine rings is 1. The fraction of sp³-hybridized carbons (Fsp3) is 0.706. The molecule has 1 aliphatic carbocycles. The summed E-state index contributed by atoms with van der Waals surface area (Å²) in [4.78, 5) is 6.49. The van der Waals surface area contributed by atoms with Crippen LogP contribution >= 0.6 is 0 Å². The summed E-state index contributed by atoms with van der Waals surface area (Å²) in [6.07, 6.45) is 3.76. The van der Waals surface area contributed by atoms with Gasteiger partial charge in [0, 0.05) is 38.4 Å². The summed E-state index contributed by atoms with van der Waals surface area (Å²) in [7, 11) is -1.10. The van der Waals surface area contributed by atoms with Crippen LogP contribution in [0.2, 0.25) is 25.7 Å². The fourth-order valence-electron chi connectivity index (χ4n) is 3.49. The Labute approximate surface area is 135 Å². The summed E-state index contributed by atoms with van der Waals surface area (Å²) in [6, 6.07) is 5.14. The van der Waals surface area contributed by atoms with Crippen LogP contribution in [0.5, 0.6) is 0 Å². The van der Waals surface area contributed by atoms with Crippen molar-refractivity contribution in [2.45, 2.75) is 56.5 Å². The standard InChI is InChI=1S/C17H28N2O2Si/c1-22(2,3)10-9-21-13-19-12-17(7-6-14(20)11-17)15-5-4-8-18-16(15)19/h4-5,8,14,20H,6-7,9-13H2,1-3H3/i12D. The second kappa shape index (κ2) is 5.94. The zero-order valence-electron chi connectivity index (χ0n) is 14.9. The van der Waals surface area contributed by atoms with E-state index in [0.29, 0.717) is 13.2 Å². The Morgan fingerprint density at radius 3 is 3.05 bits per heavy atom. The topological polar surface area (TPSA) is 45.6 Å². The van der Waals surface area contributed by atoms with Crippen molar-refractivity contribution in [2.75, 3.05) is 24.8 Å². The highest BCUT2D eigenvalue weighted by atomic mass is 28.3. The first-order valence-corrected chi connectivity index (χ1v) is 11.9.